The molecule has 1 heterocycles. The number of nitrogens with one attached hydrogen (secondary N) is 1. The Balaban J connectivity index is 2.10. The molecule has 2 aromatic rings. The molecule has 5 nitrogen and oxygen atoms in total. The van der Waals surface area contributed by atoms with Gasteiger partial charge in [0.2, 0.25) is 0 Å². The molecule has 0 saturated heterocycles. The summed E-state index contributed by atoms with van der Waals surface area (Å²) in [6, 6.07) is 3.28. The molecule has 7 heteroatoms. The van der Waals surface area contributed by atoms with Crippen LogP contribution in [0.5, 0.6) is 0 Å². The summed E-state index contributed by atoms with van der Waals surface area (Å²) < 4.78 is 28.0. The van der Waals surface area contributed by atoms with E-state index in [1.54, 1.807) is 24.0 Å². The first-order chi connectivity index (χ1) is 8.97. The van der Waals surface area contributed by atoms with E-state index in [4.69, 9.17) is 5.73 Å². The smallest absolute Gasteiger partial charge is 0.254 e. The molecule has 0 aliphatic heterocycles. The van der Waals surface area contributed by atoms with Gasteiger partial charge in [0.05, 0.1) is 23.5 Å². The summed E-state index contributed by atoms with van der Waals surface area (Å²) >= 11 is 0. The van der Waals surface area contributed by atoms with E-state index in [0.717, 1.165) is 6.07 Å². The van der Waals surface area contributed by atoms with Gasteiger partial charge in [0.25, 0.3) is 5.91 Å². The third kappa shape index (κ3) is 2.87. The molecule has 2 rings (SSSR count). The van der Waals surface area contributed by atoms with E-state index in [1.807, 2.05) is 0 Å². The van der Waals surface area contributed by atoms with Gasteiger partial charge in [-0.05, 0) is 12.1 Å². The summed E-state index contributed by atoms with van der Waals surface area (Å²) in [6.45, 7) is 0.149. The number of carbonyl (C=O) groups is 1. The fourth-order valence-corrected chi connectivity index (χ4v) is 1.56. The summed E-state index contributed by atoms with van der Waals surface area (Å²) in [6.07, 6.45) is 1.72. The Hall–Kier alpha value is -2.44. The number of nitrogen functional groups attached to an aromatic ring is 1. The van der Waals surface area contributed by atoms with E-state index in [9.17, 15) is 13.6 Å². The highest BCUT2D eigenvalue weighted by Crippen LogP contribution is 2.16. The summed E-state index contributed by atoms with van der Waals surface area (Å²) in [5, 5.41) is 6.54. The maximum Gasteiger partial charge on any atom is 0.254 e. The van der Waals surface area contributed by atoms with Crippen molar-refractivity contribution in [3.05, 3.63) is 47.3 Å². The summed E-state index contributed by atoms with van der Waals surface area (Å²) in [4.78, 5) is 11.7. The normalized spacial score (nSPS) is 10.5. The van der Waals surface area contributed by atoms with Gasteiger partial charge in [-0.3, -0.25) is 9.48 Å². The van der Waals surface area contributed by atoms with Crippen molar-refractivity contribution >= 4 is 11.6 Å². The molecule has 0 bridgehead atoms. The first-order valence-corrected chi connectivity index (χ1v) is 5.48. The topological polar surface area (TPSA) is 72.9 Å². The van der Waals surface area contributed by atoms with Crippen molar-refractivity contribution in [2.24, 2.45) is 7.05 Å². The molecular formula is C12H12F2N4O. The fraction of sp³-hybridized carbons (Fsp3) is 0.167. The molecule has 3 N–H and O–H groups in total. The number of nitrogens with zero attached hydrogens (tertiary/aromatic N) is 2. The Morgan fingerprint density at radius 2 is 2.16 bits per heavy atom. The van der Waals surface area contributed by atoms with E-state index >= 15 is 0 Å². The van der Waals surface area contributed by atoms with Crippen LogP contribution in [-0.2, 0) is 13.6 Å². The van der Waals surface area contributed by atoms with Gasteiger partial charge in [0.1, 0.15) is 11.6 Å². The van der Waals surface area contributed by atoms with Crippen molar-refractivity contribution in [3.8, 4) is 0 Å². The molecule has 0 radical (unpaired) electrons. The molecule has 0 atom stereocenters. The predicted octanol–water partition coefficient (Wildman–Crippen LogP) is 1.21. The number of aromatic nitrogens is 2. The van der Waals surface area contributed by atoms with Crippen molar-refractivity contribution in [2.75, 3.05) is 5.73 Å². The average molecular weight is 266 g/mol. The lowest BCUT2D eigenvalue weighted by Gasteiger charge is -2.06. The number of halogens is 2. The number of amides is 1. The molecule has 0 spiro atoms. The van der Waals surface area contributed by atoms with Crippen molar-refractivity contribution in [1.82, 2.24) is 15.1 Å². The average Bonchev–Trinajstić information content (AvgIpc) is 2.77. The number of nitrogens with two attached hydrogens (primary N) is 1. The SMILES string of the molecule is Cn1ccc(CNC(=O)c2cc(N)c(F)cc2F)n1. The Morgan fingerprint density at radius 3 is 2.79 bits per heavy atom. The highest BCUT2D eigenvalue weighted by Gasteiger charge is 2.15. The van der Waals surface area contributed by atoms with Gasteiger partial charge in [-0.25, -0.2) is 8.78 Å². The van der Waals surface area contributed by atoms with Crippen LogP contribution in [0.25, 0.3) is 0 Å². The number of carbonyl (C=O) groups excluding carboxylic acids is 1. The Kier molecular flexibility index (Phi) is 3.46. The molecule has 0 aliphatic carbocycles. The zero-order valence-electron chi connectivity index (χ0n) is 10.2. The van der Waals surface area contributed by atoms with Gasteiger partial charge in [0.15, 0.2) is 0 Å². The predicted molar refractivity (Wildman–Crippen MR) is 65.1 cm³/mol. The Bertz CT molecular complexity index is 624. The molecule has 1 aromatic heterocycles. The summed E-state index contributed by atoms with van der Waals surface area (Å²) in [5.74, 6) is -2.51. The van der Waals surface area contributed by atoms with Gasteiger partial charge in [0, 0.05) is 19.3 Å². The second kappa shape index (κ2) is 5.05. The molecule has 1 amide bonds. The lowest BCUT2D eigenvalue weighted by atomic mass is 10.1. The highest BCUT2D eigenvalue weighted by molar-refractivity contribution is 5.95. The molecule has 0 aliphatic rings. The van der Waals surface area contributed by atoms with Crippen LogP contribution in [0, 0.1) is 11.6 Å². The van der Waals surface area contributed by atoms with Gasteiger partial charge >= 0.3 is 0 Å². The van der Waals surface area contributed by atoms with Crippen molar-refractivity contribution in [2.45, 2.75) is 6.54 Å². The maximum absolute atomic E-state index is 13.4. The second-order valence-electron chi connectivity index (χ2n) is 4.02. The second-order valence-corrected chi connectivity index (χ2v) is 4.02. The number of anilines is 1. The van der Waals surface area contributed by atoms with Crippen LogP contribution in [-0.4, -0.2) is 15.7 Å². The van der Waals surface area contributed by atoms with Crippen LogP contribution in [0.4, 0.5) is 14.5 Å². The van der Waals surface area contributed by atoms with Gasteiger partial charge in [-0.1, -0.05) is 0 Å². The summed E-state index contributed by atoms with van der Waals surface area (Å²) in [5.41, 5.74) is 5.36. The van der Waals surface area contributed by atoms with E-state index in [2.05, 4.69) is 10.4 Å². The minimum Gasteiger partial charge on any atom is -0.396 e. The molecule has 0 unspecified atom stereocenters. The van der Waals surface area contributed by atoms with E-state index in [1.165, 1.54) is 0 Å². The Labute approximate surface area is 108 Å². The zero-order chi connectivity index (χ0) is 14.0. The first kappa shape index (κ1) is 13.0. The van der Waals surface area contributed by atoms with Crippen LogP contribution >= 0.6 is 0 Å². The number of benzene rings is 1. The van der Waals surface area contributed by atoms with E-state index < -0.39 is 17.5 Å². The zero-order valence-corrected chi connectivity index (χ0v) is 10.2. The molecular weight excluding hydrogens is 254 g/mol. The number of rotatable bonds is 3. The highest BCUT2D eigenvalue weighted by atomic mass is 19.1. The molecule has 0 saturated carbocycles. The maximum atomic E-state index is 13.4. The third-order valence-corrected chi connectivity index (χ3v) is 2.53. The molecule has 19 heavy (non-hydrogen) atoms. The van der Waals surface area contributed by atoms with Crippen LogP contribution in [0.3, 0.4) is 0 Å². The molecule has 0 fully saturated rings. The van der Waals surface area contributed by atoms with Gasteiger partial charge in [-0.2, -0.15) is 5.10 Å². The lowest BCUT2D eigenvalue weighted by Crippen LogP contribution is -2.24. The molecule has 1 aromatic carbocycles. The minimum absolute atomic E-state index is 0.149. The molecule has 100 valence electrons. The van der Waals surface area contributed by atoms with Crippen molar-refractivity contribution in [1.29, 1.82) is 0 Å². The van der Waals surface area contributed by atoms with Crippen LogP contribution in [0.2, 0.25) is 0 Å². The lowest BCUT2D eigenvalue weighted by molar-refractivity contribution is 0.0946. The van der Waals surface area contributed by atoms with E-state index in [-0.39, 0.29) is 17.8 Å². The number of aryl methyl sites for hydroxylation is 1. The largest absolute Gasteiger partial charge is 0.396 e. The van der Waals surface area contributed by atoms with Gasteiger partial charge < -0.3 is 11.1 Å². The number of hydrogen-bond acceptors (Lipinski definition) is 3. The minimum atomic E-state index is -0.953. The van der Waals surface area contributed by atoms with Crippen molar-refractivity contribution in [3.63, 3.8) is 0 Å². The fourth-order valence-electron chi connectivity index (χ4n) is 1.56. The van der Waals surface area contributed by atoms with Gasteiger partial charge in [-0.15, -0.1) is 0 Å². The monoisotopic (exact) mass is 266 g/mol. The number of hydrogen-bond donors (Lipinski definition) is 2. The van der Waals surface area contributed by atoms with Crippen LogP contribution in [0.15, 0.2) is 24.4 Å². The van der Waals surface area contributed by atoms with Crippen molar-refractivity contribution < 1.29 is 13.6 Å². The summed E-state index contributed by atoms with van der Waals surface area (Å²) in [7, 11) is 1.74. The quantitative estimate of drug-likeness (QED) is 0.820. The first-order valence-electron chi connectivity index (χ1n) is 5.48. The Morgan fingerprint density at radius 1 is 1.42 bits per heavy atom. The van der Waals surface area contributed by atoms with Crippen LogP contribution in [0.1, 0.15) is 16.1 Å². The third-order valence-electron chi connectivity index (χ3n) is 2.53. The standard InChI is InChI=1S/C12H12F2N4O/c1-18-3-2-7(17-18)6-16-12(19)8-4-11(15)10(14)5-9(8)13/h2-5H,6,15H2,1H3,(H,16,19). The van der Waals surface area contributed by atoms with E-state index in [0.29, 0.717) is 11.8 Å². The van der Waals surface area contributed by atoms with Crippen LogP contribution < -0.4 is 11.1 Å².